The van der Waals surface area contributed by atoms with Gasteiger partial charge in [-0.05, 0) is 25.0 Å². The monoisotopic (exact) mass is 261 g/mol. The average molecular weight is 261 g/mol. The van der Waals surface area contributed by atoms with E-state index in [4.69, 9.17) is 5.26 Å². The van der Waals surface area contributed by atoms with E-state index in [0.29, 0.717) is 17.2 Å². The number of nitrogens with zero attached hydrogens (tertiary/aromatic N) is 2. The molecule has 0 aromatic heterocycles. The molecule has 0 aliphatic heterocycles. The van der Waals surface area contributed by atoms with Gasteiger partial charge in [0, 0.05) is 12.1 Å². The smallest absolute Gasteiger partial charge is 0.293 e. The van der Waals surface area contributed by atoms with Crippen LogP contribution in [-0.2, 0) is 0 Å². The van der Waals surface area contributed by atoms with Gasteiger partial charge in [0.25, 0.3) is 5.69 Å². The number of rotatable bonds is 6. The first-order chi connectivity index (χ1) is 9.03. The lowest BCUT2D eigenvalue weighted by molar-refractivity contribution is -0.384. The first kappa shape index (κ1) is 15.0. The van der Waals surface area contributed by atoms with Gasteiger partial charge in [-0.25, -0.2) is 0 Å². The van der Waals surface area contributed by atoms with Crippen molar-refractivity contribution in [3.63, 3.8) is 0 Å². The lowest BCUT2D eigenvalue weighted by atomic mass is 9.95. The van der Waals surface area contributed by atoms with E-state index in [1.807, 2.05) is 13.0 Å². The van der Waals surface area contributed by atoms with Crippen LogP contribution >= 0.6 is 0 Å². The molecule has 1 unspecified atom stereocenters. The predicted molar refractivity (Wildman–Crippen MR) is 75.0 cm³/mol. The fourth-order valence-electron chi connectivity index (χ4n) is 2.23. The van der Waals surface area contributed by atoms with E-state index in [1.54, 1.807) is 12.1 Å². The molecule has 0 saturated heterocycles. The van der Waals surface area contributed by atoms with Crippen molar-refractivity contribution in [3.8, 4) is 6.07 Å². The Morgan fingerprint density at radius 1 is 1.42 bits per heavy atom. The Morgan fingerprint density at radius 3 is 2.53 bits per heavy atom. The molecule has 1 atom stereocenters. The fraction of sp³-hybridized carbons (Fsp3) is 0.500. The molecule has 0 radical (unpaired) electrons. The summed E-state index contributed by atoms with van der Waals surface area (Å²) in [6.07, 6.45) is 2.05. The zero-order valence-electron chi connectivity index (χ0n) is 11.5. The van der Waals surface area contributed by atoms with E-state index in [2.05, 4.69) is 19.2 Å². The molecule has 19 heavy (non-hydrogen) atoms. The molecule has 1 aromatic rings. The van der Waals surface area contributed by atoms with Crippen LogP contribution in [0, 0.1) is 27.4 Å². The van der Waals surface area contributed by atoms with Gasteiger partial charge in [-0.2, -0.15) is 5.26 Å². The van der Waals surface area contributed by atoms with Gasteiger partial charge in [0.15, 0.2) is 0 Å². The van der Waals surface area contributed by atoms with Crippen molar-refractivity contribution in [1.82, 2.24) is 0 Å². The molecule has 0 saturated carbocycles. The summed E-state index contributed by atoms with van der Waals surface area (Å²) in [6, 6.07) is 6.58. The van der Waals surface area contributed by atoms with E-state index in [1.165, 1.54) is 6.07 Å². The Kier molecular flexibility index (Phi) is 5.31. The highest BCUT2D eigenvalue weighted by Gasteiger charge is 2.19. The summed E-state index contributed by atoms with van der Waals surface area (Å²) >= 11 is 0. The van der Waals surface area contributed by atoms with Crippen LogP contribution in [0.1, 0.15) is 39.2 Å². The van der Waals surface area contributed by atoms with E-state index >= 15 is 0 Å². The fourth-order valence-corrected chi connectivity index (χ4v) is 2.23. The summed E-state index contributed by atoms with van der Waals surface area (Å²) in [5.41, 5.74) is 0.729. The zero-order chi connectivity index (χ0) is 14.4. The summed E-state index contributed by atoms with van der Waals surface area (Å²) in [7, 11) is 0. The second-order valence-electron chi connectivity index (χ2n) is 4.61. The van der Waals surface area contributed by atoms with Gasteiger partial charge in [0.05, 0.1) is 16.6 Å². The molecule has 0 bridgehead atoms. The van der Waals surface area contributed by atoms with Crippen molar-refractivity contribution in [2.75, 3.05) is 5.32 Å². The molecule has 0 spiro atoms. The minimum absolute atomic E-state index is 0.0446. The molecule has 5 heteroatoms. The van der Waals surface area contributed by atoms with Crippen LogP contribution in [0.25, 0.3) is 0 Å². The number of anilines is 1. The minimum atomic E-state index is -0.456. The highest BCUT2D eigenvalue weighted by molar-refractivity contribution is 5.64. The molecule has 0 amide bonds. The topological polar surface area (TPSA) is 79.0 Å². The molecule has 0 aliphatic rings. The molecule has 1 N–H and O–H groups in total. The van der Waals surface area contributed by atoms with Gasteiger partial charge < -0.3 is 5.32 Å². The second kappa shape index (κ2) is 6.74. The van der Waals surface area contributed by atoms with Crippen LogP contribution in [0.5, 0.6) is 0 Å². The van der Waals surface area contributed by atoms with E-state index < -0.39 is 4.92 Å². The Morgan fingerprint density at radius 2 is 2.05 bits per heavy atom. The number of hydrogen-bond acceptors (Lipinski definition) is 4. The molecule has 1 aromatic carbocycles. The van der Waals surface area contributed by atoms with Gasteiger partial charge in [-0.3, -0.25) is 10.1 Å². The number of nitrogens with one attached hydrogen (secondary N) is 1. The third-order valence-corrected chi connectivity index (χ3v) is 3.46. The normalized spacial score (nSPS) is 11.9. The molecular formula is C14H19N3O2. The van der Waals surface area contributed by atoms with Crippen LogP contribution < -0.4 is 5.32 Å². The first-order valence-electron chi connectivity index (χ1n) is 6.48. The molecule has 0 heterocycles. The molecule has 0 aliphatic carbocycles. The Bertz CT molecular complexity index is 490. The predicted octanol–water partition coefficient (Wildman–Crippen LogP) is 3.70. The van der Waals surface area contributed by atoms with Crippen molar-refractivity contribution >= 4 is 11.4 Å². The van der Waals surface area contributed by atoms with Gasteiger partial charge >= 0.3 is 0 Å². The van der Waals surface area contributed by atoms with Crippen LogP contribution in [0.15, 0.2) is 18.2 Å². The van der Waals surface area contributed by atoms with Crippen molar-refractivity contribution in [1.29, 1.82) is 5.26 Å². The standard InChI is InChI=1S/C14H19N3O2/c1-4-12(5-2)10(3)16-13-7-6-11(9-15)8-14(13)17(18)19/h6-8,10,12,16H,4-5H2,1-3H3. The summed E-state index contributed by atoms with van der Waals surface area (Å²) < 4.78 is 0. The van der Waals surface area contributed by atoms with Gasteiger partial charge in [0.2, 0.25) is 0 Å². The molecular weight excluding hydrogens is 242 g/mol. The van der Waals surface area contributed by atoms with Crippen molar-refractivity contribution in [2.45, 2.75) is 39.7 Å². The van der Waals surface area contributed by atoms with Crippen LogP contribution in [-0.4, -0.2) is 11.0 Å². The molecule has 0 fully saturated rings. The van der Waals surface area contributed by atoms with Gasteiger partial charge in [-0.15, -0.1) is 0 Å². The Labute approximate surface area is 113 Å². The summed E-state index contributed by atoms with van der Waals surface area (Å²) in [5, 5.41) is 23.0. The van der Waals surface area contributed by atoms with E-state index in [-0.39, 0.29) is 11.7 Å². The number of nitro groups is 1. The maximum absolute atomic E-state index is 11.0. The zero-order valence-corrected chi connectivity index (χ0v) is 11.5. The van der Waals surface area contributed by atoms with Crippen LogP contribution in [0.2, 0.25) is 0 Å². The van der Waals surface area contributed by atoms with Crippen molar-refractivity contribution < 1.29 is 4.92 Å². The largest absolute Gasteiger partial charge is 0.377 e. The van der Waals surface area contributed by atoms with Crippen molar-refractivity contribution in [3.05, 3.63) is 33.9 Å². The van der Waals surface area contributed by atoms with Gasteiger partial charge in [-0.1, -0.05) is 26.7 Å². The highest BCUT2D eigenvalue weighted by Crippen LogP contribution is 2.28. The Hall–Kier alpha value is -2.09. The maximum atomic E-state index is 11.0. The minimum Gasteiger partial charge on any atom is -0.377 e. The number of hydrogen-bond donors (Lipinski definition) is 1. The third kappa shape index (κ3) is 3.68. The molecule has 102 valence electrons. The Balaban J connectivity index is 3.01. The number of nitro benzene ring substituents is 1. The summed E-state index contributed by atoms with van der Waals surface area (Å²) in [5.74, 6) is 0.468. The average Bonchev–Trinajstić information content (AvgIpc) is 2.40. The third-order valence-electron chi connectivity index (χ3n) is 3.46. The molecule has 5 nitrogen and oxygen atoms in total. The summed E-state index contributed by atoms with van der Waals surface area (Å²) in [6.45, 7) is 6.25. The highest BCUT2D eigenvalue weighted by atomic mass is 16.6. The SMILES string of the molecule is CCC(CC)C(C)Nc1ccc(C#N)cc1[N+](=O)[O-]. The summed E-state index contributed by atoms with van der Waals surface area (Å²) in [4.78, 5) is 10.6. The van der Waals surface area contributed by atoms with Crippen LogP contribution in [0.4, 0.5) is 11.4 Å². The first-order valence-corrected chi connectivity index (χ1v) is 6.48. The lowest BCUT2D eigenvalue weighted by Crippen LogP contribution is -2.25. The lowest BCUT2D eigenvalue weighted by Gasteiger charge is -2.23. The number of nitriles is 1. The molecule has 1 rings (SSSR count). The maximum Gasteiger partial charge on any atom is 0.293 e. The van der Waals surface area contributed by atoms with Crippen LogP contribution in [0.3, 0.4) is 0 Å². The number of benzene rings is 1. The van der Waals surface area contributed by atoms with E-state index in [9.17, 15) is 10.1 Å². The quantitative estimate of drug-likeness (QED) is 0.625. The second-order valence-corrected chi connectivity index (χ2v) is 4.61. The van der Waals surface area contributed by atoms with E-state index in [0.717, 1.165) is 12.8 Å². The van der Waals surface area contributed by atoms with Crippen molar-refractivity contribution in [2.24, 2.45) is 5.92 Å². The van der Waals surface area contributed by atoms with Gasteiger partial charge in [0.1, 0.15) is 5.69 Å².